The summed E-state index contributed by atoms with van der Waals surface area (Å²) in [6, 6.07) is 29.0. The zero-order chi connectivity index (χ0) is 45.4. The van der Waals surface area contributed by atoms with Gasteiger partial charge in [0.15, 0.2) is 17.1 Å². The molecule has 12 rings (SSSR count). The summed E-state index contributed by atoms with van der Waals surface area (Å²) in [5.74, 6) is 0.225. The summed E-state index contributed by atoms with van der Waals surface area (Å²) >= 11 is 0. The molecule has 9 aromatic heterocycles. The molecule has 0 aliphatic carbocycles. The Morgan fingerprint density at radius 2 is 1.28 bits per heavy atom. The molecular formula is C48H48F2N12O2. The minimum absolute atomic E-state index is 0.0972. The Bertz CT molecular complexity index is 3200. The van der Waals surface area contributed by atoms with Crippen LogP contribution in [0.4, 0.5) is 8.78 Å². The van der Waals surface area contributed by atoms with Gasteiger partial charge in [0.2, 0.25) is 0 Å². The van der Waals surface area contributed by atoms with Crippen LogP contribution < -0.4 is 9.47 Å². The molecule has 1 aliphatic rings. The quantitative estimate of drug-likeness (QED) is 0.146. The lowest BCUT2D eigenvalue weighted by Gasteiger charge is -2.04. The highest BCUT2D eigenvalue weighted by molar-refractivity contribution is 5.78. The molecule has 0 fully saturated rings. The van der Waals surface area contributed by atoms with Crippen molar-refractivity contribution >= 4 is 38.7 Å². The molecule has 0 spiro atoms. The Morgan fingerprint density at radius 1 is 0.547 bits per heavy atom. The molecule has 0 N–H and O–H groups in total. The van der Waals surface area contributed by atoms with E-state index in [1.807, 2.05) is 148 Å². The summed E-state index contributed by atoms with van der Waals surface area (Å²) in [6.07, 6.45) is 13.2. The number of aryl methyl sites for hydroxylation is 8. The minimum atomic E-state index is -3.51. The first-order valence-corrected chi connectivity index (χ1v) is 20.3. The average molecular weight is 863 g/mol. The van der Waals surface area contributed by atoms with Crippen molar-refractivity contribution in [2.24, 2.45) is 14.1 Å². The highest BCUT2D eigenvalue weighted by atomic mass is 19.3. The number of aromatic nitrogens is 12. The zero-order valence-electron chi connectivity index (χ0n) is 36.8. The Kier molecular flexibility index (Phi) is 13.3. The molecule has 10 heterocycles. The topological polar surface area (TPSA) is 132 Å². The van der Waals surface area contributed by atoms with E-state index < -0.39 is 6.29 Å². The molecule has 0 bridgehead atoms. The summed E-state index contributed by atoms with van der Waals surface area (Å²) in [5.41, 5.74) is 11.9. The van der Waals surface area contributed by atoms with Gasteiger partial charge in [0.05, 0.1) is 23.4 Å². The second-order valence-corrected chi connectivity index (χ2v) is 14.9. The van der Waals surface area contributed by atoms with Crippen molar-refractivity contribution in [1.29, 1.82) is 0 Å². The molecular weight excluding hydrogens is 815 g/mol. The van der Waals surface area contributed by atoms with Crippen LogP contribution in [0.15, 0.2) is 147 Å². The van der Waals surface area contributed by atoms with Crippen molar-refractivity contribution in [3.05, 3.63) is 181 Å². The van der Waals surface area contributed by atoms with Crippen molar-refractivity contribution in [2.75, 3.05) is 0 Å². The molecule has 0 saturated carbocycles. The third-order valence-corrected chi connectivity index (χ3v) is 10.2. The fourth-order valence-electron chi connectivity index (χ4n) is 6.63. The molecule has 11 aromatic rings. The van der Waals surface area contributed by atoms with Crippen molar-refractivity contribution in [1.82, 2.24) is 57.9 Å². The fraction of sp³-hybridized carbons (Fsp3) is 0.188. The van der Waals surface area contributed by atoms with Crippen molar-refractivity contribution in [2.45, 2.75) is 47.8 Å². The molecule has 64 heavy (non-hydrogen) atoms. The molecule has 0 saturated heterocycles. The zero-order valence-corrected chi connectivity index (χ0v) is 36.8. The van der Waals surface area contributed by atoms with E-state index in [0.29, 0.717) is 5.56 Å². The summed E-state index contributed by atoms with van der Waals surface area (Å²) in [4.78, 5) is 16.6. The monoisotopic (exact) mass is 862 g/mol. The van der Waals surface area contributed by atoms with Gasteiger partial charge in [0.1, 0.15) is 17.6 Å². The summed E-state index contributed by atoms with van der Waals surface area (Å²) < 4.78 is 43.1. The van der Waals surface area contributed by atoms with Gasteiger partial charge >= 0.3 is 6.29 Å². The number of pyridine rings is 4. The molecule has 14 nitrogen and oxygen atoms in total. The first kappa shape index (κ1) is 44.1. The number of imidazole rings is 2. The van der Waals surface area contributed by atoms with Gasteiger partial charge in [-0.2, -0.15) is 15.3 Å². The summed E-state index contributed by atoms with van der Waals surface area (Å²) in [5, 5.41) is 14.5. The molecule has 326 valence electrons. The largest absolute Gasteiger partial charge is 0.586 e. The number of nitrogens with zero attached hydrogens (tertiary/aromatic N) is 12. The van der Waals surface area contributed by atoms with Gasteiger partial charge in [0.25, 0.3) is 0 Å². The van der Waals surface area contributed by atoms with Gasteiger partial charge in [-0.1, -0.05) is 48.5 Å². The van der Waals surface area contributed by atoms with Crippen LogP contribution >= 0.6 is 0 Å². The predicted molar refractivity (Wildman–Crippen MR) is 244 cm³/mol. The molecule has 0 atom stereocenters. The normalized spacial score (nSPS) is 12.0. The third kappa shape index (κ3) is 10.4. The molecule has 0 amide bonds. The Labute approximate surface area is 368 Å². The Morgan fingerprint density at radius 3 is 2.05 bits per heavy atom. The van der Waals surface area contributed by atoms with Gasteiger partial charge in [-0.3, -0.25) is 14.3 Å². The van der Waals surface area contributed by atoms with E-state index in [9.17, 15) is 8.78 Å². The SMILES string of the molecule is Cc1cc2c(cn1)cnn2C.Cc1ccc2nccn2c1C.Cc1cccc2c1OC(F)(F)O2.Cc1cccn2ncnc12.Cc1cnc2ccccn12.Cn1ncc2ccccc21. The van der Waals surface area contributed by atoms with E-state index in [1.54, 1.807) is 29.9 Å². The van der Waals surface area contributed by atoms with E-state index >= 15 is 0 Å². The van der Waals surface area contributed by atoms with Crippen LogP contribution in [0.1, 0.15) is 33.8 Å². The number of halogens is 2. The maximum atomic E-state index is 12.5. The number of alkyl halides is 2. The third-order valence-electron chi connectivity index (χ3n) is 10.2. The number of ether oxygens (including phenoxy) is 2. The Hall–Kier alpha value is -8.01. The Balaban J connectivity index is 0.000000115. The number of para-hydroxylation sites is 2. The van der Waals surface area contributed by atoms with Crippen LogP contribution in [0, 0.1) is 41.5 Å². The van der Waals surface area contributed by atoms with Gasteiger partial charge in [-0.15, -0.1) is 8.78 Å². The van der Waals surface area contributed by atoms with E-state index in [1.165, 1.54) is 33.9 Å². The van der Waals surface area contributed by atoms with Gasteiger partial charge in [-0.05, 0) is 101 Å². The first-order chi connectivity index (χ1) is 30.8. The lowest BCUT2D eigenvalue weighted by Crippen LogP contribution is -2.26. The van der Waals surface area contributed by atoms with Crippen LogP contribution in [0.5, 0.6) is 11.5 Å². The van der Waals surface area contributed by atoms with Crippen LogP contribution in [-0.2, 0) is 14.1 Å². The molecule has 0 unspecified atom stereocenters. The lowest BCUT2D eigenvalue weighted by molar-refractivity contribution is -0.286. The molecule has 16 heteroatoms. The van der Waals surface area contributed by atoms with E-state index in [0.717, 1.165) is 39.1 Å². The van der Waals surface area contributed by atoms with E-state index in [2.05, 4.69) is 85.6 Å². The summed E-state index contributed by atoms with van der Waals surface area (Å²) in [7, 11) is 3.88. The van der Waals surface area contributed by atoms with Crippen molar-refractivity contribution in [3.8, 4) is 11.5 Å². The predicted octanol–water partition coefficient (Wildman–Crippen LogP) is 9.80. The van der Waals surface area contributed by atoms with E-state index in [-0.39, 0.29) is 11.5 Å². The van der Waals surface area contributed by atoms with Gasteiger partial charge in [-0.25, -0.2) is 19.5 Å². The second-order valence-electron chi connectivity index (χ2n) is 14.9. The van der Waals surface area contributed by atoms with Crippen molar-refractivity contribution < 1.29 is 18.3 Å². The van der Waals surface area contributed by atoms with Crippen LogP contribution in [0.3, 0.4) is 0 Å². The highest BCUT2D eigenvalue weighted by Gasteiger charge is 2.43. The minimum Gasteiger partial charge on any atom is -0.395 e. The number of hydrogen-bond acceptors (Lipinski definition) is 9. The van der Waals surface area contributed by atoms with E-state index in [4.69, 9.17) is 0 Å². The average Bonchev–Trinajstić information content (AvgIpc) is 4.17. The summed E-state index contributed by atoms with van der Waals surface area (Å²) in [6.45, 7) is 11.9. The first-order valence-electron chi connectivity index (χ1n) is 20.3. The fourth-order valence-corrected chi connectivity index (χ4v) is 6.63. The highest BCUT2D eigenvalue weighted by Crippen LogP contribution is 2.42. The second kappa shape index (κ2) is 19.4. The molecule has 0 radical (unpaired) electrons. The molecule has 2 aromatic carbocycles. The standard InChI is InChI=1S/C9H10N2.C8H6F2O2.C8H9N3.2C8H8N2.C7H7N3/c1-7-3-4-9-10-5-6-11(9)8(7)2;1-5-3-2-4-6-7(5)12-8(9,10)11-6;1-6-3-8-7(4-9-6)5-10-11(8)2;1-10-8-5-3-2-4-7(8)6-9-10;1-7-6-9-8-4-2-3-5-10(7)8;1-6-3-2-4-10-7(6)8-5-9-10/h3-6H,1-2H3;2-4H,1H3;3-5H,1-2H3;2*2-6H,1H3;2-5H,1H3. The van der Waals surface area contributed by atoms with Crippen molar-refractivity contribution in [3.63, 3.8) is 0 Å². The van der Waals surface area contributed by atoms with Gasteiger partial charge < -0.3 is 18.3 Å². The van der Waals surface area contributed by atoms with Crippen LogP contribution in [-0.4, -0.2) is 64.2 Å². The smallest absolute Gasteiger partial charge is 0.395 e. The number of hydrogen-bond donors (Lipinski definition) is 0. The van der Waals surface area contributed by atoms with Crippen LogP contribution in [0.25, 0.3) is 38.7 Å². The molecule has 1 aliphatic heterocycles. The number of benzene rings is 2. The van der Waals surface area contributed by atoms with Crippen LogP contribution in [0.2, 0.25) is 0 Å². The maximum Gasteiger partial charge on any atom is 0.586 e. The number of rotatable bonds is 0. The maximum absolute atomic E-state index is 12.5. The number of fused-ring (bicyclic) bond motifs is 6. The lowest BCUT2D eigenvalue weighted by atomic mass is 10.2. The van der Waals surface area contributed by atoms with Gasteiger partial charge in [0, 0.05) is 79.1 Å².